The minimum Gasteiger partial charge on any atom is -0.871 e. The Morgan fingerprint density at radius 1 is 1.00 bits per heavy atom. The third kappa shape index (κ3) is 6.89. The number of amides is 1. The maximum Gasteiger partial charge on any atom is 0.258 e. The van der Waals surface area contributed by atoms with Gasteiger partial charge in [-0.25, -0.2) is 0 Å². The Bertz CT molecular complexity index is 1200. The van der Waals surface area contributed by atoms with Crippen molar-refractivity contribution in [2.24, 2.45) is 0 Å². The standard InChI is InChI=1S/C26H27N3O7/c1-35-36-21-13-11-20(12-14-21)28(26(32)19-10-15-24(30)23(16-19)29(33)34)17-25(31)22(27)9-5-8-18-6-3-2-4-7-18/h2-4,6-7,10-16,27,30,33-34H,5,8-9,17H2,1H3/p-1. The fourth-order valence-corrected chi connectivity index (χ4v) is 3.51. The van der Waals surface area contributed by atoms with E-state index in [1.165, 1.54) is 37.4 Å². The maximum atomic E-state index is 13.4. The van der Waals surface area contributed by atoms with Crippen molar-refractivity contribution in [1.82, 2.24) is 0 Å². The molecule has 3 N–H and O–H groups in total. The highest BCUT2D eigenvalue weighted by atomic mass is 17.2. The Hall–Kier alpha value is -4.25. The molecule has 0 saturated heterocycles. The van der Waals surface area contributed by atoms with Gasteiger partial charge >= 0.3 is 0 Å². The molecule has 0 spiro atoms. The highest BCUT2D eigenvalue weighted by Crippen LogP contribution is 2.27. The van der Waals surface area contributed by atoms with E-state index in [1.807, 2.05) is 30.3 Å². The molecular formula is C26H26N3O7-. The van der Waals surface area contributed by atoms with Crippen LogP contribution in [0.15, 0.2) is 72.8 Å². The van der Waals surface area contributed by atoms with Gasteiger partial charge in [0, 0.05) is 11.3 Å². The van der Waals surface area contributed by atoms with Crippen molar-refractivity contribution in [1.29, 1.82) is 5.41 Å². The zero-order valence-electron chi connectivity index (χ0n) is 19.6. The van der Waals surface area contributed by atoms with Crippen LogP contribution in [-0.4, -0.2) is 41.5 Å². The van der Waals surface area contributed by atoms with E-state index in [0.29, 0.717) is 24.3 Å². The molecule has 0 saturated carbocycles. The molecule has 3 aromatic carbocycles. The molecule has 10 nitrogen and oxygen atoms in total. The fourth-order valence-electron chi connectivity index (χ4n) is 3.51. The van der Waals surface area contributed by atoms with Crippen LogP contribution in [0.3, 0.4) is 0 Å². The van der Waals surface area contributed by atoms with E-state index < -0.39 is 29.7 Å². The Labute approximate surface area is 207 Å². The second-order valence-electron chi connectivity index (χ2n) is 7.85. The van der Waals surface area contributed by atoms with E-state index in [-0.39, 0.29) is 22.9 Å². The van der Waals surface area contributed by atoms with E-state index >= 15 is 0 Å². The highest BCUT2D eigenvalue weighted by Gasteiger charge is 2.23. The number of benzene rings is 3. The van der Waals surface area contributed by atoms with Crippen LogP contribution < -0.4 is 20.1 Å². The number of hydrogen-bond donors (Lipinski definition) is 3. The van der Waals surface area contributed by atoms with Crippen LogP contribution in [0.4, 0.5) is 11.4 Å². The minimum absolute atomic E-state index is 0.0571. The maximum absolute atomic E-state index is 13.4. The zero-order chi connectivity index (χ0) is 26.1. The number of carbonyl (C=O) groups is 2. The van der Waals surface area contributed by atoms with Crippen LogP contribution in [0.2, 0.25) is 0 Å². The molecule has 0 heterocycles. The molecule has 3 aromatic rings. The van der Waals surface area contributed by atoms with Crippen LogP contribution in [0, 0.1) is 5.41 Å². The molecule has 0 radical (unpaired) electrons. The van der Waals surface area contributed by atoms with Gasteiger partial charge in [-0.15, -0.1) is 5.23 Å². The normalized spacial score (nSPS) is 10.5. The lowest BCUT2D eigenvalue weighted by Gasteiger charge is -2.24. The number of ketones is 1. The lowest BCUT2D eigenvalue weighted by atomic mass is 10.0. The van der Waals surface area contributed by atoms with Crippen molar-refractivity contribution < 1.29 is 34.9 Å². The number of hydrogen-bond acceptors (Lipinski definition) is 9. The summed E-state index contributed by atoms with van der Waals surface area (Å²) in [4.78, 5) is 37.0. The molecular weight excluding hydrogens is 466 g/mol. The summed E-state index contributed by atoms with van der Waals surface area (Å²) in [6, 6.07) is 19.1. The predicted molar refractivity (Wildman–Crippen MR) is 130 cm³/mol. The molecule has 0 unspecified atom stereocenters. The molecule has 0 atom stereocenters. The summed E-state index contributed by atoms with van der Waals surface area (Å²) in [6.07, 6.45) is 1.56. The largest absolute Gasteiger partial charge is 0.871 e. The summed E-state index contributed by atoms with van der Waals surface area (Å²) in [5, 5.41) is 38.3. The second-order valence-corrected chi connectivity index (χ2v) is 7.85. The number of aryl methyl sites for hydroxylation is 1. The number of carbonyl (C=O) groups excluding carboxylic acids is 2. The molecule has 0 aliphatic heterocycles. The smallest absolute Gasteiger partial charge is 0.258 e. The summed E-state index contributed by atoms with van der Waals surface area (Å²) in [6.45, 7) is -0.427. The van der Waals surface area contributed by atoms with Gasteiger partial charge in [0.2, 0.25) is 0 Å². The van der Waals surface area contributed by atoms with Crippen molar-refractivity contribution >= 4 is 28.8 Å². The van der Waals surface area contributed by atoms with Gasteiger partial charge in [0.25, 0.3) is 5.91 Å². The van der Waals surface area contributed by atoms with Crippen molar-refractivity contribution in [2.75, 3.05) is 23.8 Å². The van der Waals surface area contributed by atoms with E-state index in [1.54, 1.807) is 0 Å². The van der Waals surface area contributed by atoms with Crippen molar-refractivity contribution in [3.8, 4) is 11.5 Å². The third-order valence-electron chi connectivity index (χ3n) is 5.37. The van der Waals surface area contributed by atoms with E-state index in [4.69, 9.17) is 10.3 Å². The Balaban J connectivity index is 1.79. The fraction of sp³-hybridized carbons (Fsp3) is 0.192. The van der Waals surface area contributed by atoms with E-state index in [0.717, 1.165) is 22.6 Å². The van der Waals surface area contributed by atoms with E-state index in [9.17, 15) is 25.1 Å². The molecule has 0 aliphatic carbocycles. The molecule has 0 aromatic heterocycles. The summed E-state index contributed by atoms with van der Waals surface area (Å²) >= 11 is 0. The average molecular weight is 493 g/mol. The van der Waals surface area contributed by atoms with E-state index in [2.05, 4.69) is 4.89 Å². The second kappa shape index (κ2) is 12.5. The molecule has 36 heavy (non-hydrogen) atoms. The van der Waals surface area contributed by atoms with Crippen LogP contribution in [0.5, 0.6) is 11.5 Å². The molecule has 10 heteroatoms. The van der Waals surface area contributed by atoms with Crippen molar-refractivity contribution in [3.63, 3.8) is 0 Å². The Morgan fingerprint density at radius 2 is 1.69 bits per heavy atom. The van der Waals surface area contributed by atoms with Crippen molar-refractivity contribution in [3.05, 3.63) is 83.9 Å². The topological polar surface area (TPSA) is 146 Å². The molecule has 0 fully saturated rings. The minimum atomic E-state index is -0.708. The lowest BCUT2D eigenvalue weighted by molar-refractivity contribution is -0.268. The van der Waals surface area contributed by atoms with Gasteiger partial charge in [0.15, 0.2) is 11.5 Å². The molecule has 188 valence electrons. The van der Waals surface area contributed by atoms with Gasteiger partial charge in [0.05, 0.1) is 25.1 Å². The number of nitrogens with zero attached hydrogens (tertiary/aromatic N) is 2. The molecule has 1 amide bonds. The molecule has 0 bridgehead atoms. The monoisotopic (exact) mass is 492 g/mol. The summed E-state index contributed by atoms with van der Waals surface area (Å²) in [5.41, 5.74) is 0.734. The van der Waals surface area contributed by atoms with Gasteiger partial charge in [-0.3, -0.25) is 20.0 Å². The first-order valence-corrected chi connectivity index (χ1v) is 11.1. The Kier molecular flexibility index (Phi) is 9.12. The summed E-state index contributed by atoms with van der Waals surface area (Å²) in [7, 11) is 1.34. The summed E-state index contributed by atoms with van der Waals surface area (Å²) < 4.78 is 0. The number of rotatable bonds is 12. The SMILES string of the molecule is COOc1ccc(N(CC(=O)C(=N)CCCc2ccccc2)C(=O)c2ccc([O-])c(N(O)O)c2)cc1. The first kappa shape index (κ1) is 26.4. The van der Waals surface area contributed by atoms with Crippen LogP contribution in [0.25, 0.3) is 0 Å². The lowest BCUT2D eigenvalue weighted by Crippen LogP contribution is -2.38. The predicted octanol–water partition coefficient (Wildman–Crippen LogP) is 3.54. The number of anilines is 2. The summed E-state index contributed by atoms with van der Waals surface area (Å²) in [5.74, 6) is -1.56. The zero-order valence-corrected chi connectivity index (χ0v) is 19.6. The van der Waals surface area contributed by atoms with Gasteiger partial charge in [-0.1, -0.05) is 42.1 Å². The van der Waals surface area contributed by atoms with Gasteiger partial charge in [-0.05, 0) is 61.2 Å². The highest BCUT2D eigenvalue weighted by molar-refractivity contribution is 6.40. The van der Waals surface area contributed by atoms with Gasteiger partial charge in [-0.2, -0.15) is 4.89 Å². The first-order chi connectivity index (χ1) is 17.3. The van der Waals surface area contributed by atoms with Crippen molar-refractivity contribution in [2.45, 2.75) is 19.3 Å². The van der Waals surface area contributed by atoms with Crippen LogP contribution >= 0.6 is 0 Å². The van der Waals surface area contributed by atoms with Crippen LogP contribution in [0.1, 0.15) is 28.8 Å². The Morgan fingerprint density at radius 3 is 2.33 bits per heavy atom. The molecule has 0 aliphatic rings. The third-order valence-corrected chi connectivity index (χ3v) is 5.37. The van der Waals surface area contributed by atoms with Gasteiger partial charge < -0.3 is 20.3 Å². The first-order valence-electron chi connectivity index (χ1n) is 11.1. The van der Waals surface area contributed by atoms with Crippen LogP contribution in [-0.2, 0) is 16.1 Å². The molecule has 3 rings (SSSR count). The van der Waals surface area contributed by atoms with Gasteiger partial charge in [0.1, 0.15) is 0 Å². The average Bonchev–Trinajstić information content (AvgIpc) is 2.88. The quantitative estimate of drug-likeness (QED) is 0.198. The number of nitrogens with one attached hydrogen (secondary N) is 1. The number of Topliss-reactive ketones (excluding diaryl/α,β-unsaturated/α-hetero) is 1.